The number of carbonyl (C=O) groups is 1. The number of aliphatic carboxylic acids is 1. The van der Waals surface area contributed by atoms with E-state index in [1.54, 1.807) is 12.1 Å². The third kappa shape index (κ3) is 3.77. The molecule has 1 aromatic rings. The summed E-state index contributed by atoms with van der Waals surface area (Å²) in [6, 6.07) is 3.89. The predicted molar refractivity (Wildman–Crippen MR) is 65.9 cm³/mol. The summed E-state index contributed by atoms with van der Waals surface area (Å²) in [4.78, 5) is 10.5. The zero-order valence-electron chi connectivity index (χ0n) is 8.32. The molecule has 0 spiro atoms. The topological polar surface area (TPSA) is 63.3 Å². The van der Waals surface area contributed by atoms with Crippen LogP contribution in [-0.2, 0) is 10.5 Å². The maximum Gasteiger partial charge on any atom is 0.321 e. The SMILES string of the molecule is NC(CSCc1cccc(F)c1Br)C(=O)O. The first-order chi connectivity index (χ1) is 7.52. The average molecular weight is 308 g/mol. The van der Waals surface area contributed by atoms with Gasteiger partial charge in [0.25, 0.3) is 0 Å². The van der Waals surface area contributed by atoms with E-state index < -0.39 is 12.0 Å². The smallest absolute Gasteiger partial charge is 0.321 e. The largest absolute Gasteiger partial charge is 0.480 e. The second-order valence-corrected chi connectivity index (χ2v) is 5.00. The quantitative estimate of drug-likeness (QED) is 0.875. The summed E-state index contributed by atoms with van der Waals surface area (Å²) < 4.78 is 13.5. The van der Waals surface area contributed by atoms with Gasteiger partial charge in [0.15, 0.2) is 0 Å². The summed E-state index contributed by atoms with van der Waals surface area (Å²) in [5.41, 5.74) is 6.14. The number of hydrogen-bond acceptors (Lipinski definition) is 3. The van der Waals surface area contributed by atoms with E-state index in [-0.39, 0.29) is 5.82 Å². The van der Waals surface area contributed by atoms with Crippen molar-refractivity contribution in [2.24, 2.45) is 5.73 Å². The van der Waals surface area contributed by atoms with Gasteiger partial charge in [0.2, 0.25) is 0 Å². The normalized spacial score (nSPS) is 12.4. The average Bonchev–Trinajstić information content (AvgIpc) is 2.24. The van der Waals surface area contributed by atoms with Gasteiger partial charge in [-0.05, 0) is 27.6 Å². The summed E-state index contributed by atoms with van der Waals surface area (Å²) in [5, 5.41) is 8.57. The van der Waals surface area contributed by atoms with E-state index in [9.17, 15) is 9.18 Å². The molecule has 1 aromatic carbocycles. The van der Waals surface area contributed by atoms with E-state index in [2.05, 4.69) is 15.9 Å². The molecule has 3 nitrogen and oxygen atoms in total. The number of halogens is 2. The van der Waals surface area contributed by atoms with Crippen LogP contribution in [0.15, 0.2) is 22.7 Å². The van der Waals surface area contributed by atoms with Crippen LogP contribution >= 0.6 is 27.7 Å². The van der Waals surface area contributed by atoms with E-state index in [0.717, 1.165) is 5.56 Å². The van der Waals surface area contributed by atoms with Crippen molar-refractivity contribution in [3.05, 3.63) is 34.1 Å². The molecule has 0 saturated heterocycles. The number of nitrogens with two attached hydrogens (primary N) is 1. The first-order valence-electron chi connectivity index (χ1n) is 4.51. The molecular weight excluding hydrogens is 297 g/mol. The molecule has 1 unspecified atom stereocenters. The lowest BCUT2D eigenvalue weighted by molar-refractivity contribution is -0.137. The second kappa shape index (κ2) is 6.22. The zero-order valence-corrected chi connectivity index (χ0v) is 10.7. The molecule has 0 amide bonds. The van der Waals surface area contributed by atoms with E-state index in [1.807, 2.05) is 0 Å². The number of hydrogen-bond donors (Lipinski definition) is 2. The Labute approximate surface area is 105 Å². The van der Waals surface area contributed by atoms with Crippen molar-refractivity contribution in [2.75, 3.05) is 5.75 Å². The molecule has 0 aliphatic heterocycles. The van der Waals surface area contributed by atoms with E-state index >= 15 is 0 Å². The van der Waals surface area contributed by atoms with Crippen LogP contribution in [-0.4, -0.2) is 22.9 Å². The van der Waals surface area contributed by atoms with Gasteiger partial charge < -0.3 is 10.8 Å². The lowest BCUT2D eigenvalue weighted by atomic mass is 10.2. The lowest BCUT2D eigenvalue weighted by Gasteiger charge is -2.07. The van der Waals surface area contributed by atoms with E-state index in [1.165, 1.54) is 17.8 Å². The molecule has 0 aliphatic carbocycles. The Kier molecular flexibility index (Phi) is 5.24. The van der Waals surface area contributed by atoms with Gasteiger partial charge in [-0.1, -0.05) is 12.1 Å². The summed E-state index contributed by atoms with van der Waals surface area (Å²) in [7, 11) is 0. The van der Waals surface area contributed by atoms with Crippen LogP contribution in [0.4, 0.5) is 4.39 Å². The molecule has 1 rings (SSSR count). The Bertz CT molecular complexity index is 389. The highest BCUT2D eigenvalue weighted by atomic mass is 79.9. The van der Waals surface area contributed by atoms with Gasteiger partial charge in [0.05, 0.1) is 4.47 Å². The molecule has 0 fully saturated rings. The van der Waals surface area contributed by atoms with Gasteiger partial charge in [-0.25, -0.2) is 4.39 Å². The number of thioether (sulfide) groups is 1. The maximum atomic E-state index is 13.1. The fourth-order valence-electron chi connectivity index (χ4n) is 1.03. The van der Waals surface area contributed by atoms with Gasteiger partial charge in [0, 0.05) is 11.5 Å². The van der Waals surface area contributed by atoms with Crippen LogP contribution in [0.2, 0.25) is 0 Å². The first kappa shape index (κ1) is 13.5. The van der Waals surface area contributed by atoms with Crippen molar-refractivity contribution in [1.29, 1.82) is 0 Å². The minimum absolute atomic E-state index is 0.304. The van der Waals surface area contributed by atoms with Crippen LogP contribution in [0.5, 0.6) is 0 Å². The molecule has 0 radical (unpaired) electrons. The monoisotopic (exact) mass is 307 g/mol. The Morgan fingerprint density at radius 1 is 1.62 bits per heavy atom. The van der Waals surface area contributed by atoms with Crippen molar-refractivity contribution in [1.82, 2.24) is 0 Å². The van der Waals surface area contributed by atoms with Crippen LogP contribution in [0.25, 0.3) is 0 Å². The summed E-state index contributed by atoms with van der Waals surface area (Å²) >= 11 is 4.50. The van der Waals surface area contributed by atoms with Gasteiger partial charge in [-0.3, -0.25) is 4.79 Å². The standard InChI is InChI=1S/C10H11BrFNO2S/c11-9-6(2-1-3-7(9)12)4-16-5-8(13)10(14)15/h1-3,8H,4-5,13H2,(H,14,15). The lowest BCUT2D eigenvalue weighted by Crippen LogP contribution is -2.32. The Morgan fingerprint density at radius 3 is 2.94 bits per heavy atom. The Hall–Kier alpha value is -0.590. The molecule has 3 N–H and O–H groups in total. The summed E-state index contributed by atoms with van der Waals surface area (Å²) in [6.45, 7) is 0. The molecule has 0 saturated carbocycles. The highest BCUT2D eigenvalue weighted by molar-refractivity contribution is 9.10. The van der Waals surface area contributed by atoms with Crippen molar-refractivity contribution in [2.45, 2.75) is 11.8 Å². The fourth-order valence-corrected chi connectivity index (χ4v) is 2.59. The Balaban J connectivity index is 2.49. The summed E-state index contributed by atoms with van der Waals surface area (Å²) in [5.74, 6) is -0.510. The molecule has 0 heterocycles. The highest BCUT2D eigenvalue weighted by Gasteiger charge is 2.12. The van der Waals surface area contributed by atoms with Gasteiger partial charge in [0.1, 0.15) is 11.9 Å². The van der Waals surface area contributed by atoms with Crippen molar-refractivity contribution in [3.63, 3.8) is 0 Å². The predicted octanol–water partition coefficient (Wildman–Crippen LogP) is 2.23. The van der Waals surface area contributed by atoms with Gasteiger partial charge >= 0.3 is 5.97 Å². The number of carboxylic acids is 1. The first-order valence-corrected chi connectivity index (χ1v) is 6.46. The summed E-state index contributed by atoms with van der Waals surface area (Å²) in [6.07, 6.45) is 0. The van der Waals surface area contributed by atoms with Crippen LogP contribution in [0.3, 0.4) is 0 Å². The molecule has 0 bridgehead atoms. The number of carboxylic acid groups (broad SMARTS) is 1. The Morgan fingerprint density at radius 2 is 2.31 bits per heavy atom. The second-order valence-electron chi connectivity index (χ2n) is 3.17. The number of benzene rings is 1. The maximum absolute atomic E-state index is 13.1. The molecule has 88 valence electrons. The van der Waals surface area contributed by atoms with Crippen molar-refractivity contribution in [3.8, 4) is 0 Å². The zero-order chi connectivity index (χ0) is 12.1. The van der Waals surface area contributed by atoms with Crippen molar-refractivity contribution < 1.29 is 14.3 Å². The number of rotatable bonds is 5. The van der Waals surface area contributed by atoms with E-state index in [0.29, 0.717) is 16.0 Å². The van der Waals surface area contributed by atoms with Gasteiger partial charge in [-0.2, -0.15) is 11.8 Å². The minimum atomic E-state index is -1.02. The van der Waals surface area contributed by atoms with Crippen LogP contribution < -0.4 is 5.73 Å². The molecule has 16 heavy (non-hydrogen) atoms. The molecular formula is C10H11BrFNO2S. The fraction of sp³-hybridized carbons (Fsp3) is 0.300. The van der Waals surface area contributed by atoms with Crippen LogP contribution in [0.1, 0.15) is 5.56 Å². The third-order valence-corrected chi connectivity index (χ3v) is 3.90. The molecule has 0 aromatic heterocycles. The minimum Gasteiger partial charge on any atom is -0.480 e. The van der Waals surface area contributed by atoms with E-state index in [4.69, 9.17) is 10.8 Å². The third-order valence-electron chi connectivity index (χ3n) is 1.90. The van der Waals surface area contributed by atoms with Crippen molar-refractivity contribution >= 4 is 33.7 Å². The van der Waals surface area contributed by atoms with Crippen LogP contribution in [0, 0.1) is 5.82 Å². The molecule has 1 atom stereocenters. The van der Waals surface area contributed by atoms with Gasteiger partial charge in [-0.15, -0.1) is 0 Å². The molecule has 0 aliphatic rings. The highest BCUT2D eigenvalue weighted by Crippen LogP contribution is 2.24. The molecule has 6 heteroatoms.